The first-order valence-electron chi connectivity index (χ1n) is 6.32. The minimum atomic E-state index is -0.774. The molecule has 1 aromatic rings. The first kappa shape index (κ1) is 16.0. The Hall–Kier alpha value is -1.01. The molecule has 6 heteroatoms. The van der Waals surface area contributed by atoms with E-state index in [2.05, 4.69) is 10.3 Å². The number of rotatable bonds is 6. The summed E-state index contributed by atoms with van der Waals surface area (Å²) >= 11 is 6.61. The van der Waals surface area contributed by atoms with Crippen LogP contribution in [0.1, 0.15) is 45.5 Å². The molecule has 0 radical (unpaired) electrons. The van der Waals surface area contributed by atoms with E-state index in [1.165, 1.54) is 11.3 Å². The van der Waals surface area contributed by atoms with Crippen LogP contribution in [0.15, 0.2) is 11.6 Å². The Morgan fingerprint density at radius 3 is 2.42 bits per heavy atom. The van der Waals surface area contributed by atoms with E-state index in [4.69, 9.17) is 18.0 Å². The maximum absolute atomic E-state index is 12.6. The van der Waals surface area contributed by atoms with Crippen molar-refractivity contribution in [2.24, 2.45) is 11.1 Å². The van der Waals surface area contributed by atoms with Gasteiger partial charge >= 0.3 is 0 Å². The molecule has 0 spiro atoms. The van der Waals surface area contributed by atoms with Crippen molar-refractivity contribution in [3.63, 3.8) is 0 Å². The third kappa shape index (κ3) is 3.12. The van der Waals surface area contributed by atoms with Crippen LogP contribution in [-0.4, -0.2) is 15.9 Å². The quantitative estimate of drug-likeness (QED) is 0.792. The maximum atomic E-state index is 12.6. The Bertz CT molecular complexity index is 450. The number of nitrogens with one attached hydrogen (secondary N) is 1. The number of aromatic nitrogens is 1. The molecule has 0 bridgehead atoms. The second kappa shape index (κ2) is 5.96. The van der Waals surface area contributed by atoms with Crippen molar-refractivity contribution < 1.29 is 4.79 Å². The first-order chi connectivity index (χ1) is 8.80. The molecule has 1 aromatic heterocycles. The van der Waals surface area contributed by atoms with Gasteiger partial charge in [0, 0.05) is 11.6 Å². The van der Waals surface area contributed by atoms with E-state index in [0.29, 0.717) is 12.8 Å². The summed E-state index contributed by atoms with van der Waals surface area (Å²) in [6.45, 7) is 7.72. The molecule has 0 aliphatic rings. The summed E-state index contributed by atoms with van der Waals surface area (Å²) in [5.41, 5.74) is 4.49. The Morgan fingerprint density at radius 1 is 1.47 bits per heavy atom. The van der Waals surface area contributed by atoms with Gasteiger partial charge in [0.15, 0.2) is 0 Å². The lowest BCUT2D eigenvalue weighted by Gasteiger charge is -2.33. The summed E-state index contributed by atoms with van der Waals surface area (Å²) in [6.07, 6.45) is 2.92. The van der Waals surface area contributed by atoms with Crippen LogP contribution < -0.4 is 11.1 Å². The van der Waals surface area contributed by atoms with E-state index >= 15 is 0 Å². The van der Waals surface area contributed by atoms with Crippen molar-refractivity contribution in [2.75, 3.05) is 0 Å². The molecular formula is C13H21N3OS2. The van der Waals surface area contributed by atoms with Gasteiger partial charge in [0.25, 0.3) is 0 Å². The van der Waals surface area contributed by atoms with Crippen LogP contribution in [0.4, 0.5) is 0 Å². The molecule has 0 saturated carbocycles. The topological polar surface area (TPSA) is 68.0 Å². The van der Waals surface area contributed by atoms with Gasteiger partial charge in [-0.05, 0) is 26.7 Å². The normalized spacial score (nSPS) is 12.2. The smallest absolute Gasteiger partial charge is 0.233 e. The number of carbonyl (C=O) groups is 1. The molecular weight excluding hydrogens is 278 g/mol. The molecule has 19 heavy (non-hydrogen) atoms. The van der Waals surface area contributed by atoms with Gasteiger partial charge in [0.1, 0.15) is 5.01 Å². The number of nitrogens with two attached hydrogens (primary N) is 1. The molecule has 0 saturated heterocycles. The molecule has 0 aliphatic heterocycles. The molecule has 4 nitrogen and oxygen atoms in total. The first-order valence-corrected chi connectivity index (χ1v) is 7.61. The SMILES string of the molecule is CCC(CC)(C(=O)NC(C)(C)c1nccs1)C(N)=S. The van der Waals surface area contributed by atoms with E-state index < -0.39 is 11.0 Å². The van der Waals surface area contributed by atoms with Crippen molar-refractivity contribution in [2.45, 2.75) is 46.1 Å². The van der Waals surface area contributed by atoms with E-state index in [0.717, 1.165) is 5.01 Å². The van der Waals surface area contributed by atoms with Crippen LogP contribution in [-0.2, 0) is 10.3 Å². The van der Waals surface area contributed by atoms with Gasteiger partial charge in [-0.3, -0.25) is 4.79 Å². The fraction of sp³-hybridized carbons (Fsp3) is 0.615. The van der Waals surface area contributed by atoms with Crippen molar-refractivity contribution in [3.8, 4) is 0 Å². The molecule has 3 N–H and O–H groups in total. The summed E-state index contributed by atoms with van der Waals surface area (Å²) in [5, 5.41) is 5.78. The average Bonchev–Trinajstić information content (AvgIpc) is 2.84. The van der Waals surface area contributed by atoms with Crippen LogP contribution in [0.5, 0.6) is 0 Å². The molecule has 1 heterocycles. The number of nitrogens with zero attached hydrogens (tertiary/aromatic N) is 1. The van der Waals surface area contributed by atoms with Crippen LogP contribution in [0.3, 0.4) is 0 Å². The maximum Gasteiger partial charge on any atom is 0.233 e. The van der Waals surface area contributed by atoms with Crippen molar-refractivity contribution in [1.82, 2.24) is 10.3 Å². The number of carbonyl (C=O) groups excluding carboxylic acids is 1. The standard InChI is InChI=1S/C13H21N3OS2/c1-5-13(6-2,9(14)18)10(17)16-12(3,4)11-15-7-8-19-11/h7-8H,5-6H2,1-4H3,(H2,14,18)(H,16,17). The average molecular weight is 299 g/mol. The van der Waals surface area contributed by atoms with Crippen LogP contribution in [0.2, 0.25) is 0 Å². The van der Waals surface area contributed by atoms with Gasteiger partial charge in [-0.2, -0.15) is 0 Å². The minimum absolute atomic E-state index is 0.120. The van der Waals surface area contributed by atoms with Gasteiger partial charge in [0.05, 0.1) is 15.9 Å². The minimum Gasteiger partial charge on any atom is -0.392 e. The highest BCUT2D eigenvalue weighted by Gasteiger charge is 2.41. The van der Waals surface area contributed by atoms with Crippen LogP contribution in [0.25, 0.3) is 0 Å². The molecule has 0 fully saturated rings. The lowest BCUT2D eigenvalue weighted by Crippen LogP contribution is -2.53. The van der Waals surface area contributed by atoms with Gasteiger partial charge in [0.2, 0.25) is 5.91 Å². The lowest BCUT2D eigenvalue weighted by atomic mass is 9.80. The zero-order valence-electron chi connectivity index (χ0n) is 11.8. The van der Waals surface area contributed by atoms with Gasteiger partial charge in [-0.15, -0.1) is 11.3 Å². The third-order valence-corrected chi connectivity index (χ3v) is 4.99. The molecule has 106 valence electrons. The predicted octanol–water partition coefficient (Wildman–Crippen LogP) is 2.59. The highest BCUT2D eigenvalue weighted by molar-refractivity contribution is 7.80. The Labute approximate surface area is 123 Å². The van der Waals surface area contributed by atoms with Crippen LogP contribution >= 0.6 is 23.6 Å². The Balaban J connectivity index is 2.98. The summed E-state index contributed by atoms with van der Waals surface area (Å²) in [5.74, 6) is -0.120. The number of amides is 1. The number of hydrogen-bond donors (Lipinski definition) is 2. The summed E-state index contributed by atoms with van der Waals surface area (Å²) in [7, 11) is 0. The van der Waals surface area contributed by atoms with Crippen LogP contribution in [0, 0.1) is 5.41 Å². The summed E-state index contributed by atoms with van der Waals surface area (Å²) < 4.78 is 0. The molecule has 1 rings (SSSR count). The third-order valence-electron chi connectivity index (χ3n) is 3.51. The monoisotopic (exact) mass is 299 g/mol. The molecule has 0 unspecified atom stereocenters. The summed E-state index contributed by atoms with van der Waals surface area (Å²) in [4.78, 5) is 17.1. The Kier molecular flexibility index (Phi) is 5.04. The molecule has 0 aromatic carbocycles. The molecule has 0 aliphatic carbocycles. The van der Waals surface area contributed by atoms with Crippen molar-refractivity contribution >= 4 is 34.5 Å². The van der Waals surface area contributed by atoms with E-state index in [1.807, 2.05) is 33.1 Å². The predicted molar refractivity (Wildman–Crippen MR) is 83.1 cm³/mol. The number of thiocarbonyl (C=S) groups is 1. The van der Waals surface area contributed by atoms with Gasteiger partial charge in [-0.1, -0.05) is 26.1 Å². The molecule has 1 amide bonds. The van der Waals surface area contributed by atoms with E-state index in [9.17, 15) is 4.79 Å². The van der Waals surface area contributed by atoms with Gasteiger partial charge in [-0.25, -0.2) is 4.98 Å². The lowest BCUT2D eigenvalue weighted by molar-refractivity contribution is -0.129. The van der Waals surface area contributed by atoms with Crippen molar-refractivity contribution in [1.29, 1.82) is 0 Å². The van der Waals surface area contributed by atoms with Crippen molar-refractivity contribution in [3.05, 3.63) is 16.6 Å². The Morgan fingerprint density at radius 2 is 2.05 bits per heavy atom. The fourth-order valence-corrected chi connectivity index (χ4v) is 3.12. The zero-order chi connectivity index (χ0) is 14.7. The van der Waals surface area contributed by atoms with E-state index in [1.54, 1.807) is 6.20 Å². The number of hydrogen-bond acceptors (Lipinski definition) is 4. The fourth-order valence-electron chi connectivity index (χ4n) is 2.02. The highest BCUT2D eigenvalue weighted by atomic mass is 32.1. The zero-order valence-corrected chi connectivity index (χ0v) is 13.5. The second-order valence-electron chi connectivity index (χ2n) is 5.07. The number of thiazole rings is 1. The second-order valence-corrected chi connectivity index (χ2v) is 6.40. The highest BCUT2D eigenvalue weighted by Crippen LogP contribution is 2.30. The van der Waals surface area contributed by atoms with Gasteiger partial charge < -0.3 is 11.1 Å². The summed E-state index contributed by atoms with van der Waals surface area (Å²) in [6, 6.07) is 0. The van der Waals surface area contributed by atoms with E-state index in [-0.39, 0.29) is 10.9 Å². The molecule has 0 atom stereocenters. The largest absolute Gasteiger partial charge is 0.392 e.